The third-order valence-electron chi connectivity index (χ3n) is 3.92. The van der Waals surface area contributed by atoms with Gasteiger partial charge in [-0.3, -0.25) is 9.59 Å². The molecule has 84 valence electrons. The maximum Gasteiger partial charge on any atom is 0.193 e. The predicted molar refractivity (Wildman–Crippen MR) is 52.1 cm³/mol. The van der Waals surface area contributed by atoms with Gasteiger partial charge in [-0.25, -0.2) is 0 Å². The second-order valence-electron chi connectivity index (χ2n) is 4.78. The maximum atomic E-state index is 11.8. The molecule has 4 heteroatoms. The first kappa shape index (κ1) is 10.8. The third-order valence-corrected chi connectivity index (χ3v) is 3.92. The number of aliphatic hydroxyl groups excluding tert-OH is 1. The van der Waals surface area contributed by atoms with Crippen LogP contribution in [0.4, 0.5) is 0 Å². The average molecular weight is 212 g/mol. The summed E-state index contributed by atoms with van der Waals surface area (Å²) < 4.78 is 0. The van der Waals surface area contributed by atoms with Crippen LogP contribution in [0.5, 0.6) is 0 Å². The van der Waals surface area contributed by atoms with Crippen molar-refractivity contribution in [1.82, 2.24) is 0 Å². The Morgan fingerprint density at radius 3 is 2.80 bits per heavy atom. The summed E-state index contributed by atoms with van der Waals surface area (Å²) in [6, 6.07) is 0. The van der Waals surface area contributed by atoms with Gasteiger partial charge in [-0.15, -0.1) is 0 Å². The molecule has 4 nitrogen and oxygen atoms in total. The Bertz CT molecular complexity index is 312. The summed E-state index contributed by atoms with van der Waals surface area (Å²) in [5.74, 6) is -1.45. The van der Waals surface area contributed by atoms with Crippen molar-refractivity contribution in [3.8, 4) is 0 Å². The van der Waals surface area contributed by atoms with Crippen LogP contribution in [0.3, 0.4) is 0 Å². The fraction of sp³-hybridized carbons (Fsp3) is 0.818. The Balaban J connectivity index is 2.29. The van der Waals surface area contributed by atoms with Crippen LogP contribution in [0.1, 0.15) is 32.6 Å². The summed E-state index contributed by atoms with van der Waals surface area (Å²) in [5, 5.41) is 19.8. The number of ketones is 2. The van der Waals surface area contributed by atoms with Crippen LogP contribution in [0.25, 0.3) is 0 Å². The second kappa shape index (κ2) is 3.39. The minimum atomic E-state index is -1.36. The van der Waals surface area contributed by atoms with E-state index in [0.717, 1.165) is 12.8 Å². The van der Waals surface area contributed by atoms with E-state index in [4.69, 9.17) is 0 Å². The van der Waals surface area contributed by atoms with Crippen molar-refractivity contribution in [2.75, 3.05) is 0 Å². The van der Waals surface area contributed by atoms with Crippen molar-refractivity contribution in [2.45, 2.75) is 44.3 Å². The summed E-state index contributed by atoms with van der Waals surface area (Å²) >= 11 is 0. The molecule has 2 aliphatic rings. The fourth-order valence-electron chi connectivity index (χ4n) is 2.96. The highest BCUT2D eigenvalue weighted by Gasteiger charge is 2.56. The Hall–Kier alpha value is -0.740. The van der Waals surface area contributed by atoms with E-state index in [0.29, 0.717) is 12.8 Å². The molecule has 4 atom stereocenters. The van der Waals surface area contributed by atoms with Crippen LogP contribution in [0.15, 0.2) is 0 Å². The molecule has 2 aliphatic carbocycles. The fourth-order valence-corrected chi connectivity index (χ4v) is 2.96. The minimum absolute atomic E-state index is 0.137. The molecular weight excluding hydrogens is 196 g/mol. The van der Waals surface area contributed by atoms with Crippen molar-refractivity contribution in [1.29, 1.82) is 0 Å². The van der Waals surface area contributed by atoms with Crippen molar-refractivity contribution < 1.29 is 19.8 Å². The second-order valence-corrected chi connectivity index (χ2v) is 4.78. The molecule has 2 saturated carbocycles. The van der Waals surface area contributed by atoms with Gasteiger partial charge in [0, 0.05) is 0 Å². The predicted octanol–water partition coefficient (Wildman–Crippen LogP) is 0.0565. The van der Waals surface area contributed by atoms with Crippen LogP contribution >= 0.6 is 0 Å². The van der Waals surface area contributed by atoms with E-state index in [1.165, 1.54) is 6.92 Å². The molecule has 0 aromatic heterocycles. The van der Waals surface area contributed by atoms with Gasteiger partial charge in [0.2, 0.25) is 0 Å². The van der Waals surface area contributed by atoms with Crippen LogP contribution in [-0.2, 0) is 9.59 Å². The molecule has 2 N–H and O–H groups in total. The summed E-state index contributed by atoms with van der Waals surface area (Å²) in [6.07, 6.45) is 1.14. The normalized spacial score (nSPS) is 45.3. The average Bonchev–Trinajstić information content (AvgIpc) is 2.54. The number of carbonyl (C=O) groups excluding carboxylic acids is 2. The summed E-state index contributed by atoms with van der Waals surface area (Å²) in [5.41, 5.74) is -1.36. The molecule has 2 fully saturated rings. The molecule has 0 bridgehead atoms. The molecule has 0 aromatic carbocycles. The summed E-state index contributed by atoms with van der Waals surface area (Å²) in [4.78, 5) is 23.0. The number of hydrogen-bond donors (Lipinski definition) is 2. The lowest BCUT2D eigenvalue weighted by Gasteiger charge is -2.39. The maximum absolute atomic E-state index is 11.8. The lowest BCUT2D eigenvalue weighted by molar-refractivity contribution is -0.164. The van der Waals surface area contributed by atoms with E-state index >= 15 is 0 Å². The molecule has 0 radical (unpaired) electrons. The summed E-state index contributed by atoms with van der Waals surface area (Å²) in [6.45, 7) is 1.39. The monoisotopic (exact) mass is 212 g/mol. The number of rotatable bonds is 1. The van der Waals surface area contributed by atoms with E-state index in [2.05, 4.69) is 0 Å². The first-order chi connectivity index (χ1) is 6.97. The molecule has 0 saturated heterocycles. The number of hydrogen-bond acceptors (Lipinski definition) is 4. The van der Waals surface area contributed by atoms with Crippen LogP contribution in [0.2, 0.25) is 0 Å². The quantitative estimate of drug-likeness (QED) is 0.644. The minimum Gasteiger partial charge on any atom is -0.384 e. The number of Topliss-reactive ketones (excluding diaryl/α,β-unsaturated/α-hetero) is 2. The molecule has 0 amide bonds. The molecule has 15 heavy (non-hydrogen) atoms. The van der Waals surface area contributed by atoms with Crippen molar-refractivity contribution >= 4 is 11.6 Å². The highest BCUT2D eigenvalue weighted by molar-refractivity contribution is 5.97. The number of carbonyl (C=O) groups is 2. The van der Waals surface area contributed by atoms with Crippen LogP contribution in [-0.4, -0.2) is 33.5 Å². The van der Waals surface area contributed by atoms with E-state index in [-0.39, 0.29) is 11.7 Å². The van der Waals surface area contributed by atoms with E-state index in [1.54, 1.807) is 0 Å². The van der Waals surface area contributed by atoms with Crippen molar-refractivity contribution in [2.24, 2.45) is 11.8 Å². The molecule has 0 spiro atoms. The first-order valence-electron chi connectivity index (χ1n) is 5.42. The summed E-state index contributed by atoms with van der Waals surface area (Å²) in [7, 11) is 0. The van der Waals surface area contributed by atoms with Gasteiger partial charge in [-0.1, -0.05) is 0 Å². The standard InChI is InChI=1S/C11H16O4/c1-6(12)8-5-7-3-2-4-11(7,15)10(14)9(8)13/h7-9,13,15H,2-5H2,1H3/t7-,8-,9+,11-/m1/s1. The smallest absolute Gasteiger partial charge is 0.193 e. The van der Waals surface area contributed by atoms with Gasteiger partial charge in [0.1, 0.15) is 17.5 Å². The topological polar surface area (TPSA) is 74.6 Å². The van der Waals surface area contributed by atoms with E-state index in [1.807, 2.05) is 0 Å². The Morgan fingerprint density at radius 1 is 1.53 bits per heavy atom. The van der Waals surface area contributed by atoms with E-state index in [9.17, 15) is 19.8 Å². The van der Waals surface area contributed by atoms with Gasteiger partial charge in [0.25, 0.3) is 0 Å². The first-order valence-corrected chi connectivity index (χ1v) is 5.42. The molecule has 0 unspecified atom stereocenters. The largest absolute Gasteiger partial charge is 0.384 e. The van der Waals surface area contributed by atoms with Crippen molar-refractivity contribution in [3.05, 3.63) is 0 Å². The molecule has 0 aliphatic heterocycles. The lowest BCUT2D eigenvalue weighted by Crippen LogP contribution is -2.56. The van der Waals surface area contributed by atoms with E-state index < -0.39 is 23.4 Å². The van der Waals surface area contributed by atoms with Gasteiger partial charge >= 0.3 is 0 Å². The molecule has 2 rings (SSSR count). The zero-order chi connectivity index (χ0) is 11.2. The van der Waals surface area contributed by atoms with Gasteiger partial charge in [0.05, 0.1) is 5.92 Å². The Morgan fingerprint density at radius 2 is 2.20 bits per heavy atom. The van der Waals surface area contributed by atoms with Crippen molar-refractivity contribution in [3.63, 3.8) is 0 Å². The molecule has 0 aromatic rings. The van der Waals surface area contributed by atoms with Gasteiger partial charge in [-0.2, -0.15) is 0 Å². The molecular formula is C11H16O4. The van der Waals surface area contributed by atoms with Gasteiger partial charge < -0.3 is 10.2 Å². The number of aliphatic hydroxyl groups is 2. The third kappa shape index (κ3) is 1.43. The SMILES string of the molecule is CC(=O)[C@H]1C[C@H]2CCC[C@]2(O)C(=O)[C@H]1O. The van der Waals surface area contributed by atoms with Crippen LogP contribution in [0, 0.1) is 11.8 Å². The zero-order valence-electron chi connectivity index (χ0n) is 8.77. The molecule has 0 heterocycles. The Kier molecular flexibility index (Phi) is 2.43. The zero-order valence-corrected chi connectivity index (χ0v) is 8.77. The highest BCUT2D eigenvalue weighted by Crippen LogP contribution is 2.45. The van der Waals surface area contributed by atoms with Crippen LogP contribution < -0.4 is 0 Å². The highest BCUT2D eigenvalue weighted by atomic mass is 16.3. The van der Waals surface area contributed by atoms with Gasteiger partial charge in [-0.05, 0) is 38.5 Å². The lowest BCUT2D eigenvalue weighted by atomic mass is 9.69. The Labute approximate surface area is 88.3 Å². The van der Waals surface area contributed by atoms with Gasteiger partial charge in [0.15, 0.2) is 5.78 Å². The number of fused-ring (bicyclic) bond motifs is 1.